The van der Waals surface area contributed by atoms with Crippen LogP contribution in [0, 0.1) is 0 Å². The molecule has 10 heteroatoms. The second-order valence-electron chi connectivity index (χ2n) is 7.62. The molecule has 2 aromatic rings. The molecule has 2 atom stereocenters. The first-order chi connectivity index (χ1) is 15.4. The number of fused-ring (bicyclic) bond motifs is 1. The first-order valence-corrected chi connectivity index (χ1v) is 12.9. The molecule has 0 spiro atoms. The van der Waals surface area contributed by atoms with E-state index >= 15 is 0 Å². The quantitative estimate of drug-likeness (QED) is 0.633. The first kappa shape index (κ1) is 22.5. The number of nitrogens with zero attached hydrogens (tertiary/aromatic N) is 1. The van der Waals surface area contributed by atoms with Crippen molar-refractivity contribution in [3.8, 4) is 11.5 Å². The first-order valence-electron chi connectivity index (χ1n) is 10.2. The molecule has 1 saturated heterocycles. The zero-order valence-corrected chi connectivity index (χ0v) is 19.5. The van der Waals surface area contributed by atoms with E-state index in [4.69, 9.17) is 9.47 Å². The molecular formula is C22H25N3O5S2. The van der Waals surface area contributed by atoms with Crippen LogP contribution in [0.3, 0.4) is 0 Å². The van der Waals surface area contributed by atoms with E-state index in [-0.39, 0.29) is 28.7 Å². The topological polar surface area (TPSA) is 106 Å². The van der Waals surface area contributed by atoms with Gasteiger partial charge < -0.3 is 20.1 Å². The van der Waals surface area contributed by atoms with E-state index in [1.807, 2.05) is 30.3 Å². The summed E-state index contributed by atoms with van der Waals surface area (Å²) < 4.78 is 34.0. The van der Waals surface area contributed by atoms with Gasteiger partial charge in [0.05, 0.1) is 31.8 Å². The molecule has 0 aromatic heterocycles. The molecule has 2 heterocycles. The van der Waals surface area contributed by atoms with Gasteiger partial charge in [-0.15, -0.1) is 0 Å². The molecule has 1 fully saturated rings. The van der Waals surface area contributed by atoms with Gasteiger partial charge in [0.1, 0.15) is 11.5 Å². The number of benzene rings is 2. The van der Waals surface area contributed by atoms with Crippen LogP contribution in [0.4, 0.5) is 5.69 Å². The SMILES string of the molecule is COc1ccc(OC)c(CCNC(=O)c2ccc(NC3=N[C@@H]4CS(=O)(=O)C[C@H]4S3)cc2)c1. The molecule has 2 aliphatic rings. The number of hydrogen-bond donors (Lipinski definition) is 2. The van der Waals surface area contributed by atoms with E-state index in [1.54, 1.807) is 26.4 Å². The van der Waals surface area contributed by atoms with E-state index < -0.39 is 9.84 Å². The van der Waals surface area contributed by atoms with Crippen molar-refractivity contribution in [3.05, 3.63) is 53.6 Å². The van der Waals surface area contributed by atoms with E-state index in [0.717, 1.165) is 27.9 Å². The highest BCUT2D eigenvalue weighted by molar-refractivity contribution is 8.15. The Balaban J connectivity index is 1.29. The molecule has 32 heavy (non-hydrogen) atoms. The van der Waals surface area contributed by atoms with Crippen LogP contribution in [-0.4, -0.2) is 63.1 Å². The van der Waals surface area contributed by atoms with Crippen LogP contribution in [-0.2, 0) is 16.3 Å². The lowest BCUT2D eigenvalue weighted by Gasteiger charge is -2.11. The fourth-order valence-electron chi connectivity index (χ4n) is 3.73. The molecule has 0 unspecified atom stereocenters. The largest absolute Gasteiger partial charge is 0.497 e. The Bertz CT molecular complexity index is 1130. The number of sulfone groups is 1. The zero-order chi connectivity index (χ0) is 22.7. The van der Waals surface area contributed by atoms with Gasteiger partial charge in [-0.25, -0.2) is 8.42 Å². The third-order valence-electron chi connectivity index (χ3n) is 5.38. The van der Waals surface area contributed by atoms with Crippen molar-refractivity contribution in [2.45, 2.75) is 17.7 Å². The van der Waals surface area contributed by atoms with Crippen molar-refractivity contribution in [1.29, 1.82) is 0 Å². The van der Waals surface area contributed by atoms with Gasteiger partial charge in [-0.1, -0.05) is 11.8 Å². The van der Waals surface area contributed by atoms with Crippen molar-refractivity contribution in [1.82, 2.24) is 5.32 Å². The van der Waals surface area contributed by atoms with Gasteiger partial charge in [-0.3, -0.25) is 9.79 Å². The van der Waals surface area contributed by atoms with Gasteiger partial charge in [0, 0.05) is 23.0 Å². The van der Waals surface area contributed by atoms with Gasteiger partial charge in [0.25, 0.3) is 5.91 Å². The number of rotatable bonds is 7. The number of thioether (sulfide) groups is 1. The van der Waals surface area contributed by atoms with E-state index in [9.17, 15) is 13.2 Å². The minimum absolute atomic E-state index is 0.00393. The van der Waals surface area contributed by atoms with Gasteiger partial charge in [0.2, 0.25) is 0 Å². The van der Waals surface area contributed by atoms with E-state index in [2.05, 4.69) is 15.6 Å². The fourth-order valence-corrected chi connectivity index (χ4v) is 7.41. The number of anilines is 1. The second-order valence-corrected chi connectivity index (χ2v) is 11.0. The maximum absolute atomic E-state index is 12.5. The molecule has 0 saturated carbocycles. The summed E-state index contributed by atoms with van der Waals surface area (Å²) in [5.74, 6) is 1.63. The number of methoxy groups -OCH3 is 2. The van der Waals surface area contributed by atoms with Gasteiger partial charge in [-0.2, -0.15) is 0 Å². The highest BCUT2D eigenvalue weighted by Gasteiger charge is 2.42. The number of amides is 1. The fraction of sp³-hybridized carbons (Fsp3) is 0.364. The van der Waals surface area contributed by atoms with E-state index in [0.29, 0.717) is 18.5 Å². The minimum Gasteiger partial charge on any atom is -0.497 e. The Morgan fingerprint density at radius 3 is 2.59 bits per heavy atom. The predicted octanol–water partition coefficient (Wildman–Crippen LogP) is 2.36. The lowest BCUT2D eigenvalue weighted by atomic mass is 10.1. The third-order valence-corrected chi connectivity index (χ3v) is 8.53. The van der Waals surface area contributed by atoms with Crippen LogP contribution in [0.25, 0.3) is 0 Å². The van der Waals surface area contributed by atoms with Crippen molar-refractivity contribution in [2.75, 3.05) is 37.6 Å². The van der Waals surface area contributed by atoms with Crippen LogP contribution in [0.1, 0.15) is 15.9 Å². The van der Waals surface area contributed by atoms with Crippen molar-refractivity contribution < 1.29 is 22.7 Å². The Hall–Kier alpha value is -2.72. The summed E-state index contributed by atoms with van der Waals surface area (Å²) in [5.41, 5.74) is 2.31. The standard InChI is InChI=1S/C22H25N3O5S2/c1-29-17-7-8-19(30-2)15(11-17)9-10-23-21(26)14-3-5-16(6-4-14)24-22-25-18-12-32(27,28)13-20(18)31-22/h3-8,11,18,20H,9-10,12-13H2,1-2H3,(H,23,26)(H,24,25)/t18-,20-/m1/s1. The molecule has 0 aliphatic carbocycles. The Labute approximate surface area is 191 Å². The molecule has 2 aromatic carbocycles. The lowest BCUT2D eigenvalue weighted by Crippen LogP contribution is -2.25. The highest BCUT2D eigenvalue weighted by atomic mass is 32.2. The van der Waals surface area contributed by atoms with Crippen LogP contribution < -0.4 is 20.1 Å². The maximum Gasteiger partial charge on any atom is 0.251 e. The summed E-state index contributed by atoms with van der Waals surface area (Å²) in [5, 5.41) is 6.85. The van der Waals surface area contributed by atoms with Crippen molar-refractivity contribution in [2.24, 2.45) is 4.99 Å². The molecule has 8 nitrogen and oxygen atoms in total. The zero-order valence-electron chi connectivity index (χ0n) is 17.8. The Morgan fingerprint density at radius 1 is 1.12 bits per heavy atom. The second kappa shape index (κ2) is 9.41. The van der Waals surface area contributed by atoms with Crippen LogP contribution in [0.5, 0.6) is 11.5 Å². The Kier molecular flexibility index (Phi) is 6.61. The van der Waals surface area contributed by atoms with Gasteiger partial charge >= 0.3 is 0 Å². The molecule has 2 aliphatic heterocycles. The maximum atomic E-state index is 12.5. The molecule has 0 radical (unpaired) electrons. The number of ether oxygens (including phenoxy) is 2. The van der Waals surface area contributed by atoms with E-state index in [1.165, 1.54) is 11.8 Å². The summed E-state index contributed by atoms with van der Waals surface area (Å²) in [6.07, 6.45) is 0.612. The smallest absolute Gasteiger partial charge is 0.251 e. The summed E-state index contributed by atoms with van der Waals surface area (Å²) in [6.45, 7) is 0.460. The number of carbonyl (C=O) groups is 1. The van der Waals surface area contributed by atoms with Crippen LogP contribution in [0.15, 0.2) is 47.5 Å². The minimum atomic E-state index is -2.96. The normalized spacial score (nSPS) is 20.9. The predicted molar refractivity (Wildman–Crippen MR) is 127 cm³/mol. The van der Waals surface area contributed by atoms with Crippen LogP contribution in [0.2, 0.25) is 0 Å². The van der Waals surface area contributed by atoms with Gasteiger partial charge in [-0.05, 0) is 54.4 Å². The number of carbonyl (C=O) groups excluding carboxylic acids is 1. The molecular weight excluding hydrogens is 450 g/mol. The number of amidine groups is 1. The summed E-state index contributed by atoms with van der Waals surface area (Å²) >= 11 is 1.46. The molecule has 0 bridgehead atoms. The molecule has 2 N–H and O–H groups in total. The highest BCUT2D eigenvalue weighted by Crippen LogP contribution is 2.34. The molecule has 1 amide bonds. The van der Waals surface area contributed by atoms with Crippen molar-refractivity contribution >= 4 is 38.4 Å². The number of aliphatic imine (C=N–C) groups is 1. The molecule has 170 valence electrons. The Morgan fingerprint density at radius 2 is 1.91 bits per heavy atom. The van der Waals surface area contributed by atoms with Crippen LogP contribution >= 0.6 is 11.8 Å². The summed E-state index contributed by atoms with van der Waals surface area (Å²) in [7, 11) is 0.262. The molecule has 4 rings (SSSR count). The third kappa shape index (κ3) is 5.18. The number of nitrogens with one attached hydrogen (secondary N) is 2. The summed E-state index contributed by atoms with van der Waals surface area (Å²) in [6, 6.07) is 12.5. The summed E-state index contributed by atoms with van der Waals surface area (Å²) in [4.78, 5) is 17.0. The van der Waals surface area contributed by atoms with Crippen molar-refractivity contribution in [3.63, 3.8) is 0 Å². The lowest BCUT2D eigenvalue weighted by molar-refractivity contribution is 0.0954. The monoisotopic (exact) mass is 475 g/mol. The average Bonchev–Trinajstić information content (AvgIpc) is 3.26. The average molecular weight is 476 g/mol. The van der Waals surface area contributed by atoms with Gasteiger partial charge in [0.15, 0.2) is 15.0 Å². The number of hydrogen-bond acceptors (Lipinski definition) is 8.